The van der Waals surface area contributed by atoms with Gasteiger partial charge in [0.1, 0.15) is 0 Å². The Morgan fingerprint density at radius 1 is 1.06 bits per heavy atom. The van der Waals surface area contributed by atoms with Crippen molar-refractivity contribution in [3.63, 3.8) is 0 Å². The fourth-order valence-corrected chi connectivity index (χ4v) is 4.45. The molecule has 100 valence electrons. The average molecular weight is 260 g/mol. The first kappa shape index (κ1) is 13.3. The van der Waals surface area contributed by atoms with E-state index in [-0.39, 0.29) is 6.04 Å². The zero-order chi connectivity index (χ0) is 12.3. The monoisotopic (exact) mass is 260 g/mol. The van der Waals surface area contributed by atoms with Gasteiger partial charge >= 0.3 is 0 Å². The molecule has 0 aliphatic carbocycles. The topological polar surface area (TPSA) is 49.4 Å². The first-order chi connectivity index (χ1) is 8.09. The molecule has 2 fully saturated rings. The van der Waals surface area contributed by atoms with Crippen molar-refractivity contribution in [2.45, 2.75) is 44.6 Å². The lowest BCUT2D eigenvalue weighted by molar-refractivity contribution is 0.198. The fourth-order valence-electron chi connectivity index (χ4n) is 3.22. The predicted molar refractivity (Wildman–Crippen MR) is 69.4 cm³/mol. The van der Waals surface area contributed by atoms with E-state index in [1.165, 1.54) is 19.1 Å². The van der Waals surface area contributed by atoms with Crippen molar-refractivity contribution in [2.24, 2.45) is 5.92 Å². The zero-order valence-electron chi connectivity index (χ0n) is 10.7. The quantitative estimate of drug-likeness (QED) is 0.811. The van der Waals surface area contributed by atoms with E-state index in [1.54, 1.807) is 4.31 Å². The van der Waals surface area contributed by atoms with Gasteiger partial charge in [0.05, 0.1) is 6.26 Å². The maximum Gasteiger partial charge on any atom is 0.211 e. The number of nitrogens with zero attached hydrogens (tertiary/aromatic N) is 1. The van der Waals surface area contributed by atoms with Crippen molar-refractivity contribution < 1.29 is 8.42 Å². The Kier molecular flexibility index (Phi) is 4.44. The van der Waals surface area contributed by atoms with Crippen LogP contribution in [0.15, 0.2) is 0 Å². The Morgan fingerprint density at radius 2 is 1.76 bits per heavy atom. The second-order valence-corrected chi connectivity index (χ2v) is 7.31. The van der Waals surface area contributed by atoms with Crippen LogP contribution in [0.1, 0.15) is 38.5 Å². The molecule has 17 heavy (non-hydrogen) atoms. The number of hydrogen-bond donors (Lipinski definition) is 1. The molecule has 2 aliphatic heterocycles. The smallest absolute Gasteiger partial charge is 0.211 e. The normalized spacial score (nSPS) is 30.1. The van der Waals surface area contributed by atoms with Crippen molar-refractivity contribution in [2.75, 3.05) is 25.9 Å². The molecule has 1 atom stereocenters. The number of hydrogen-bond acceptors (Lipinski definition) is 3. The van der Waals surface area contributed by atoms with E-state index in [9.17, 15) is 8.42 Å². The van der Waals surface area contributed by atoms with E-state index in [4.69, 9.17) is 0 Å². The molecular formula is C12H24N2O2S. The molecule has 2 heterocycles. The highest BCUT2D eigenvalue weighted by molar-refractivity contribution is 7.88. The van der Waals surface area contributed by atoms with Crippen LogP contribution >= 0.6 is 0 Å². The molecule has 0 aromatic rings. The van der Waals surface area contributed by atoms with E-state index < -0.39 is 10.0 Å². The summed E-state index contributed by atoms with van der Waals surface area (Å²) in [5, 5.41) is 3.36. The minimum absolute atomic E-state index is 0.259. The number of rotatable bonds is 2. The van der Waals surface area contributed by atoms with Crippen LogP contribution in [0, 0.1) is 5.92 Å². The highest BCUT2D eigenvalue weighted by Gasteiger charge is 2.34. The van der Waals surface area contributed by atoms with Crippen molar-refractivity contribution in [3.8, 4) is 0 Å². The third-order valence-corrected chi connectivity index (χ3v) is 5.41. The van der Waals surface area contributed by atoms with Gasteiger partial charge in [0.25, 0.3) is 0 Å². The molecule has 0 bridgehead atoms. The molecule has 0 aromatic carbocycles. The van der Waals surface area contributed by atoms with Gasteiger partial charge in [-0.1, -0.05) is 12.8 Å². The number of piperidine rings is 1. The van der Waals surface area contributed by atoms with Gasteiger partial charge in [-0.25, -0.2) is 8.42 Å². The molecule has 1 N–H and O–H groups in total. The van der Waals surface area contributed by atoms with Gasteiger partial charge in [-0.15, -0.1) is 0 Å². The Morgan fingerprint density at radius 3 is 2.41 bits per heavy atom. The van der Waals surface area contributed by atoms with Crippen molar-refractivity contribution in [1.82, 2.24) is 9.62 Å². The van der Waals surface area contributed by atoms with Gasteiger partial charge in [-0.3, -0.25) is 0 Å². The minimum Gasteiger partial charge on any atom is -0.317 e. The molecule has 0 radical (unpaired) electrons. The molecule has 4 nitrogen and oxygen atoms in total. The summed E-state index contributed by atoms with van der Waals surface area (Å²) in [4.78, 5) is 0. The average Bonchev–Trinajstić information content (AvgIpc) is 2.54. The lowest BCUT2D eigenvalue weighted by atomic mass is 9.88. The summed E-state index contributed by atoms with van der Waals surface area (Å²) in [6, 6.07) is 0.259. The fraction of sp³-hybridized carbons (Fsp3) is 1.00. The first-order valence-corrected chi connectivity index (χ1v) is 8.61. The SMILES string of the molecule is CS(=O)(=O)N1CCCCCC1C1CCNCC1. The second kappa shape index (κ2) is 5.67. The molecule has 2 aliphatic rings. The third-order valence-electron chi connectivity index (χ3n) is 4.10. The molecule has 5 heteroatoms. The van der Waals surface area contributed by atoms with Crippen LogP contribution < -0.4 is 5.32 Å². The largest absolute Gasteiger partial charge is 0.317 e. The number of nitrogens with one attached hydrogen (secondary N) is 1. The standard InChI is InChI=1S/C12H24N2O2S/c1-17(15,16)14-10-4-2-3-5-12(14)11-6-8-13-9-7-11/h11-13H,2-10H2,1H3. The summed E-state index contributed by atoms with van der Waals surface area (Å²) in [5.74, 6) is 0.559. The summed E-state index contributed by atoms with van der Waals surface area (Å²) in [6.07, 6.45) is 8.04. The molecule has 0 amide bonds. The Labute approximate surface area is 105 Å². The van der Waals surface area contributed by atoms with E-state index >= 15 is 0 Å². The Balaban J connectivity index is 2.13. The maximum atomic E-state index is 11.9. The maximum absolute atomic E-state index is 11.9. The molecule has 0 saturated carbocycles. The summed E-state index contributed by atoms with van der Waals surface area (Å²) in [7, 11) is -3.03. The van der Waals surface area contributed by atoms with Crippen LogP contribution in [-0.2, 0) is 10.0 Å². The Hall–Kier alpha value is -0.130. The zero-order valence-corrected chi connectivity index (χ0v) is 11.5. The molecule has 1 unspecified atom stereocenters. The van der Waals surface area contributed by atoms with E-state index in [1.807, 2.05) is 0 Å². The van der Waals surface area contributed by atoms with Gasteiger partial charge in [-0.2, -0.15) is 4.31 Å². The molecule has 2 saturated heterocycles. The molecule has 0 spiro atoms. The van der Waals surface area contributed by atoms with E-state index in [2.05, 4.69) is 5.32 Å². The highest BCUT2D eigenvalue weighted by Crippen LogP contribution is 2.29. The number of sulfonamides is 1. The Bertz CT molecular complexity index is 336. The summed E-state index contributed by atoms with van der Waals surface area (Å²) >= 11 is 0. The van der Waals surface area contributed by atoms with E-state index in [0.717, 1.165) is 45.3 Å². The lowest BCUT2D eigenvalue weighted by Crippen LogP contribution is -2.46. The van der Waals surface area contributed by atoms with Gasteiger partial charge < -0.3 is 5.32 Å². The van der Waals surface area contributed by atoms with Crippen LogP contribution in [0.4, 0.5) is 0 Å². The van der Waals surface area contributed by atoms with Gasteiger partial charge in [0.2, 0.25) is 10.0 Å². The first-order valence-electron chi connectivity index (χ1n) is 6.76. The minimum atomic E-state index is -3.03. The molecule has 0 aromatic heterocycles. The van der Waals surface area contributed by atoms with E-state index in [0.29, 0.717) is 5.92 Å². The van der Waals surface area contributed by atoms with Crippen LogP contribution in [0.25, 0.3) is 0 Å². The molecule has 2 rings (SSSR count). The van der Waals surface area contributed by atoms with Crippen molar-refractivity contribution in [1.29, 1.82) is 0 Å². The predicted octanol–water partition coefficient (Wildman–Crippen LogP) is 1.19. The van der Waals surface area contributed by atoms with Crippen molar-refractivity contribution in [3.05, 3.63) is 0 Å². The van der Waals surface area contributed by atoms with Crippen LogP contribution in [0.2, 0.25) is 0 Å². The van der Waals surface area contributed by atoms with Gasteiger partial charge in [0.15, 0.2) is 0 Å². The summed E-state index contributed by atoms with van der Waals surface area (Å²) < 4.78 is 25.6. The van der Waals surface area contributed by atoms with Crippen molar-refractivity contribution >= 4 is 10.0 Å². The second-order valence-electron chi connectivity index (χ2n) is 5.38. The van der Waals surface area contributed by atoms with Gasteiger partial charge in [-0.05, 0) is 44.7 Å². The van der Waals surface area contributed by atoms with Crippen LogP contribution in [0.5, 0.6) is 0 Å². The third kappa shape index (κ3) is 3.42. The summed E-state index contributed by atoms with van der Waals surface area (Å²) in [6.45, 7) is 2.81. The lowest BCUT2D eigenvalue weighted by Gasteiger charge is -2.36. The van der Waals surface area contributed by atoms with Gasteiger partial charge in [0, 0.05) is 12.6 Å². The van der Waals surface area contributed by atoms with Crippen LogP contribution in [0.3, 0.4) is 0 Å². The van der Waals surface area contributed by atoms with Crippen LogP contribution in [-0.4, -0.2) is 44.7 Å². The molecular weight excluding hydrogens is 236 g/mol. The summed E-state index contributed by atoms with van der Waals surface area (Å²) in [5.41, 5.74) is 0. The highest BCUT2D eigenvalue weighted by atomic mass is 32.2.